The summed E-state index contributed by atoms with van der Waals surface area (Å²) < 4.78 is 33.6. The third kappa shape index (κ3) is 21.8. The lowest BCUT2D eigenvalue weighted by molar-refractivity contribution is -0.140. The Hall–Kier alpha value is -4.96. The number of nitrogens with one attached hydrogen (secondary N) is 8. The number of benzene rings is 1. The van der Waals surface area contributed by atoms with E-state index in [1.807, 2.05) is 23.5 Å². The zero-order valence-corrected chi connectivity index (χ0v) is 47.2. The van der Waals surface area contributed by atoms with Crippen LogP contribution in [0.3, 0.4) is 0 Å². The highest BCUT2D eigenvalue weighted by atomic mass is 32.2. The first-order chi connectivity index (χ1) is 38.3. The molecule has 0 aromatic heterocycles. The second-order valence-electron chi connectivity index (χ2n) is 20.3. The fraction of sp³-hybridized carbons (Fsp3) is 0.736. The molecule has 5 aliphatic rings. The van der Waals surface area contributed by atoms with E-state index in [1.165, 1.54) is 30.0 Å². The minimum atomic E-state index is -1.37. The molecule has 79 heavy (non-hydrogen) atoms. The van der Waals surface area contributed by atoms with Crippen molar-refractivity contribution in [2.24, 2.45) is 0 Å². The quantitative estimate of drug-likeness (QED) is 0.0256. The highest BCUT2D eigenvalue weighted by Crippen LogP contribution is 2.35. The number of thioether (sulfide) groups is 2. The van der Waals surface area contributed by atoms with Gasteiger partial charge in [-0.05, 0) is 76.5 Å². The minimum absolute atomic E-state index is 0.000404. The molecular weight excluding hydrogens is 1070 g/mol. The Morgan fingerprint density at radius 3 is 1.28 bits per heavy atom. The summed E-state index contributed by atoms with van der Waals surface area (Å²) in [6, 6.07) is 4.75. The lowest BCUT2D eigenvalue weighted by atomic mass is 10.0. The van der Waals surface area contributed by atoms with Gasteiger partial charge in [0.1, 0.15) is 0 Å². The third-order valence-corrected chi connectivity index (χ3v) is 17.1. The van der Waals surface area contributed by atoms with Gasteiger partial charge in [-0.3, -0.25) is 24.0 Å². The lowest BCUT2D eigenvalue weighted by Crippen LogP contribution is -2.36. The van der Waals surface area contributed by atoms with E-state index < -0.39 is 29.2 Å². The van der Waals surface area contributed by atoms with Gasteiger partial charge in [-0.1, -0.05) is 12.8 Å². The van der Waals surface area contributed by atoms with Crippen molar-refractivity contribution in [1.29, 1.82) is 0 Å². The number of unbranched alkanes of at least 4 members (excludes halogenated alkanes) is 2. The molecule has 9 N–H and O–H groups in total. The smallest absolute Gasteiger partial charge is 0.331 e. The molecule has 26 heteroatoms. The molecule has 24 nitrogen and oxygen atoms in total. The predicted molar refractivity (Wildman–Crippen MR) is 296 cm³/mol. The van der Waals surface area contributed by atoms with Gasteiger partial charge in [0, 0.05) is 104 Å². The third-order valence-electron chi connectivity index (χ3n) is 14.1. The summed E-state index contributed by atoms with van der Waals surface area (Å²) in [6.07, 6.45) is 8.82. The van der Waals surface area contributed by atoms with Crippen LogP contribution in [-0.4, -0.2) is 221 Å². The van der Waals surface area contributed by atoms with Gasteiger partial charge in [-0.15, -0.1) is 0 Å². The predicted octanol–water partition coefficient (Wildman–Crippen LogP) is 1.79. The van der Waals surface area contributed by atoms with E-state index in [9.17, 15) is 43.5 Å². The molecule has 7 atom stereocenters. The van der Waals surface area contributed by atoms with Crippen LogP contribution >= 0.6 is 23.5 Å². The maximum absolute atomic E-state index is 13.4. The standard InChI is InChI=1S/C53H83N9O15S2/c1-53(50(68)69)35-62(53)49(67)38-31-36(47(65)56-16-8-20-74-24-28-76-26-22-72-18-6-14-54-43(63)12-4-2-10-41-45-39(33-78-41)58-51(70)60-45)30-37(32-38)48(66)57-17-9-21-75-25-29-77-27-23-73-19-7-15-55-44(64)13-5-3-11-42-46-40(34-79-42)59-52(71)61-46/h30-32,39-42,45-46H,2-29,33-35H2,1H3,(H,54,63)(H,55,64)(H,56,65)(H,57,66)(H,68,69)(H2,58,60,70)(H2,59,61,71). The number of hydrogen-bond donors (Lipinski definition) is 9. The van der Waals surface area contributed by atoms with Crippen molar-refractivity contribution >= 4 is 71.1 Å². The molecule has 5 heterocycles. The van der Waals surface area contributed by atoms with Crippen molar-refractivity contribution < 1.29 is 71.9 Å². The number of carbonyl (C=O) groups is 8. The van der Waals surface area contributed by atoms with Crippen molar-refractivity contribution in [3.63, 3.8) is 0 Å². The van der Waals surface area contributed by atoms with Gasteiger partial charge < -0.3 is 81.0 Å². The number of rotatable bonds is 42. The largest absolute Gasteiger partial charge is 0.479 e. The van der Waals surface area contributed by atoms with Crippen molar-refractivity contribution in [3.8, 4) is 0 Å². The molecule has 9 amide bonds. The van der Waals surface area contributed by atoms with E-state index in [-0.39, 0.29) is 84.4 Å². The minimum Gasteiger partial charge on any atom is -0.479 e. The monoisotopic (exact) mass is 1150 g/mol. The Kier molecular flexibility index (Phi) is 27.5. The molecule has 5 saturated heterocycles. The average Bonchev–Trinajstić information content (AvgIpc) is 4.07. The molecule has 5 aliphatic heterocycles. The summed E-state index contributed by atoms with van der Waals surface area (Å²) in [4.78, 5) is 100. The molecule has 0 spiro atoms. The van der Waals surface area contributed by atoms with E-state index in [0.717, 1.165) is 50.0 Å². The van der Waals surface area contributed by atoms with Gasteiger partial charge >= 0.3 is 18.0 Å². The van der Waals surface area contributed by atoms with Crippen LogP contribution in [0.4, 0.5) is 9.59 Å². The molecule has 442 valence electrons. The first kappa shape index (κ1) is 63.2. The number of nitrogens with zero attached hydrogens (tertiary/aromatic N) is 1. The number of urea groups is 2. The van der Waals surface area contributed by atoms with Crippen LogP contribution in [0.1, 0.15) is 115 Å². The molecule has 1 aromatic rings. The van der Waals surface area contributed by atoms with E-state index in [0.29, 0.717) is 141 Å². The molecule has 0 saturated carbocycles. The maximum Gasteiger partial charge on any atom is 0.331 e. The summed E-state index contributed by atoms with van der Waals surface area (Å²) in [7, 11) is 0. The number of carboxylic acids is 1. The summed E-state index contributed by atoms with van der Waals surface area (Å²) >= 11 is 3.76. The number of amides is 9. The Morgan fingerprint density at radius 2 is 0.899 bits per heavy atom. The Balaban J connectivity index is 0.728. The van der Waals surface area contributed by atoms with Gasteiger partial charge in [0.2, 0.25) is 11.8 Å². The number of carbonyl (C=O) groups excluding carboxylic acids is 7. The van der Waals surface area contributed by atoms with E-state index in [4.69, 9.17) is 28.4 Å². The van der Waals surface area contributed by atoms with Crippen molar-refractivity contribution in [2.75, 3.05) is 124 Å². The number of ether oxygens (including phenoxy) is 6. The van der Waals surface area contributed by atoms with Crippen LogP contribution in [0.5, 0.6) is 0 Å². The van der Waals surface area contributed by atoms with Crippen LogP contribution < -0.4 is 42.5 Å². The van der Waals surface area contributed by atoms with Gasteiger partial charge in [0.25, 0.3) is 17.7 Å². The zero-order valence-electron chi connectivity index (χ0n) is 45.5. The number of aliphatic carboxylic acids is 1. The Labute approximate surface area is 471 Å². The van der Waals surface area contributed by atoms with Crippen LogP contribution in [0, 0.1) is 0 Å². The fourth-order valence-electron chi connectivity index (χ4n) is 9.49. The zero-order chi connectivity index (χ0) is 56.2. The highest BCUT2D eigenvalue weighted by molar-refractivity contribution is 8.00. The van der Waals surface area contributed by atoms with Crippen molar-refractivity contribution in [2.45, 2.75) is 124 Å². The van der Waals surface area contributed by atoms with E-state index >= 15 is 0 Å². The maximum atomic E-state index is 13.4. The van der Waals surface area contributed by atoms with Crippen LogP contribution in [-0.2, 0) is 42.8 Å². The summed E-state index contributed by atoms with van der Waals surface area (Å²) in [5, 5.41) is 33.8. The Bertz CT molecular complexity index is 2050. The summed E-state index contributed by atoms with van der Waals surface area (Å²) in [6.45, 7) is 7.75. The fourth-order valence-corrected chi connectivity index (χ4v) is 12.6. The summed E-state index contributed by atoms with van der Waals surface area (Å²) in [5.74, 6) is -0.842. The normalized spacial score (nSPS) is 22.5. The second-order valence-corrected chi connectivity index (χ2v) is 22.8. The van der Waals surface area contributed by atoms with Gasteiger partial charge in [0.05, 0.1) is 83.6 Å². The number of hydrogen-bond acceptors (Lipinski definition) is 16. The molecule has 0 bridgehead atoms. The van der Waals surface area contributed by atoms with Crippen molar-refractivity contribution in [1.82, 2.24) is 47.4 Å². The van der Waals surface area contributed by atoms with Crippen molar-refractivity contribution in [3.05, 3.63) is 34.9 Å². The van der Waals surface area contributed by atoms with Gasteiger partial charge in [-0.25, -0.2) is 14.4 Å². The molecule has 0 aliphatic carbocycles. The number of fused-ring (bicyclic) bond motifs is 2. The van der Waals surface area contributed by atoms with Gasteiger partial charge in [0.15, 0.2) is 5.54 Å². The molecule has 7 unspecified atom stereocenters. The SMILES string of the molecule is CC1(C(=O)O)CN1C(=O)c1cc(C(=O)NCCCOCCOCCOCCCNC(=O)CCCCC2SCC3NC(=O)NC32)cc(C(=O)NCCCOCCOCCOCCCNC(=O)CCCCC2SCC3NC(=O)NC32)c1. The second kappa shape index (κ2) is 34.4. The first-order valence-electron chi connectivity index (χ1n) is 28.0. The molecule has 5 fully saturated rings. The van der Waals surface area contributed by atoms with E-state index in [1.54, 1.807) is 0 Å². The molecule has 1 aromatic carbocycles. The topological polar surface area (TPSA) is 311 Å². The highest BCUT2D eigenvalue weighted by Gasteiger charge is 2.57. The van der Waals surface area contributed by atoms with Crippen LogP contribution in [0.2, 0.25) is 0 Å². The molecular formula is C53H83N9O15S2. The first-order valence-corrected chi connectivity index (χ1v) is 30.1. The lowest BCUT2D eigenvalue weighted by Gasteiger charge is -2.16. The van der Waals surface area contributed by atoms with E-state index in [2.05, 4.69) is 42.5 Å². The number of carboxylic acid groups (broad SMARTS) is 1. The van der Waals surface area contributed by atoms with Crippen LogP contribution in [0.15, 0.2) is 18.2 Å². The molecule has 0 radical (unpaired) electrons. The summed E-state index contributed by atoms with van der Waals surface area (Å²) in [5.41, 5.74) is -1.20. The van der Waals surface area contributed by atoms with Gasteiger partial charge in [-0.2, -0.15) is 23.5 Å². The molecule has 6 rings (SSSR count). The average molecular weight is 1150 g/mol. The van der Waals surface area contributed by atoms with Crippen LogP contribution in [0.25, 0.3) is 0 Å². The Morgan fingerprint density at radius 1 is 0.532 bits per heavy atom.